The molecule has 4 nitrogen and oxygen atoms in total. The second kappa shape index (κ2) is 22.7. The Balaban J connectivity index is -0.0000000180. The average Bonchev–Trinajstić information content (AvgIpc) is 1.27. The summed E-state index contributed by atoms with van der Waals surface area (Å²) in [6, 6.07) is 0. The summed E-state index contributed by atoms with van der Waals surface area (Å²) in [4.78, 5) is 0. The fraction of sp³-hybridized carbons (Fsp3) is 1.00. The first-order valence-corrected chi connectivity index (χ1v) is 2.78. The topological polar surface area (TPSA) is 94.7 Å². The van der Waals surface area contributed by atoms with Crippen molar-refractivity contribution >= 4 is 34.7 Å². The van der Waals surface area contributed by atoms with Crippen molar-refractivity contribution in [2.75, 3.05) is 0 Å². The zero-order valence-electron chi connectivity index (χ0n) is 7.94. The Hall–Kier alpha value is 0.905. The summed E-state index contributed by atoms with van der Waals surface area (Å²) in [6.45, 7) is 8.17. The number of hydrogen-bond acceptors (Lipinski definition) is 1. The molecule has 0 aromatic carbocycles. The van der Waals surface area contributed by atoms with E-state index in [0.717, 1.165) is 0 Å². The molecule has 0 saturated carbocycles. The third kappa shape index (κ3) is 44.5. The van der Waals surface area contributed by atoms with E-state index in [4.69, 9.17) is 4.74 Å². The van der Waals surface area contributed by atoms with E-state index in [-0.39, 0.29) is 51.2 Å². The Morgan fingerprint density at radius 1 is 0.667 bits per heavy atom. The third-order valence-corrected chi connectivity index (χ3v) is 0.544. The summed E-state index contributed by atoms with van der Waals surface area (Å²) in [7, 11) is 0. The summed E-state index contributed by atoms with van der Waals surface area (Å²) < 4.78 is 5.25. The molecule has 68 valence electrons. The zero-order chi connectivity index (χ0) is 5.86. The van der Waals surface area contributed by atoms with Crippen LogP contribution in [0.1, 0.15) is 27.7 Å². The van der Waals surface area contributed by atoms with Crippen LogP contribution < -0.4 is 0 Å². The molecule has 0 amide bonds. The van der Waals surface area contributed by atoms with Crippen molar-refractivity contribution in [1.29, 1.82) is 0 Å². The Labute approximate surface area is 95.9 Å². The van der Waals surface area contributed by atoms with Gasteiger partial charge in [-0.25, -0.2) is 0 Å². The number of rotatable bonds is 2. The molecule has 0 rings (SSSR count). The fourth-order valence-electron chi connectivity index (χ4n) is 0.544. The van der Waals surface area contributed by atoms with Crippen LogP contribution in [0, 0.1) is 0 Å². The molecule has 0 aliphatic heterocycles. The van der Waals surface area contributed by atoms with Gasteiger partial charge in [0, 0.05) is 0 Å². The quantitative estimate of drug-likeness (QED) is 0.608. The molecule has 0 aromatic rings. The van der Waals surface area contributed by atoms with E-state index in [2.05, 4.69) is 0 Å². The first kappa shape index (κ1) is 38.4. The minimum atomic E-state index is 0. The molecule has 0 heterocycles. The monoisotopic (exact) mass is 204 g/mol. The van der Waals surface area contributed by atoms with Gasteiger partial charge in [0.05, 0.1) is 12.2 Å². The van der Waals surface area contributed by atoms with Crippen molar-refractivity contribution in [1.82, 2.24) is 0 Å². The molecule has 0 saturated heterocycles. The summed E-state index contributed by atoms with van der Waals surface area (Å²) >= 11 is 0. The maximum atomic E-state index is 5.25. The van der Waals surface area contributed by atoms with Crippen molar-refractivity contribution in [3.8, 4) is 0 Å². The third-order valence-electron chi connectivity index (χ3n) is 0.544. The molecule has 0 fully saturated rings. The van der Waals surface area contributed by atoms with E-state index < -0.39 is 0 Å². The summed E-state index contributed by atoms with van der Waals surface area (Å²) in [5.41, 5.74) is 0. The maximum Gasteiger partial charge on any atom is 3.00 e. The average molecular weight is 204 g/mol. The van der Waals surface area contributed by atoms with Crippen LogP contribution in [-0.2, 0) is 21.2 Å². The molecular formula is C6H14Al2O4. The van der Waals surface area contributed by atoms with Crippen LogP contribution in [0.15, 0.2) is 0 Å². The van der Waals surface area contributed by atoms with Crippen LogP contribution in [0.25, 0.3) is 0 Å². The van der Waals surface area contributed by atoms with Crippen molar-refractivity contribution in [2.45, 2.75) is 39.9 Å². The van der Waals surface area contributed by atoms with Gasteiger partial charge in [0.1, 0.15) is 0 Å². The van der Waals surface area contributed by atoms with E-state index >= 15 is 0 Å². The van der Waals surface area contributed by atoms with Gasteiger partial charge in [-0.2, -0.15) is 0 Å². The van der Waals surface area contributed by atoms with Crippen LogP contribution >= 0.6 is 0 Å². The standard InChI is InChI=1S/C6H14O.2Al.3O/c1-5(2)7-6(3)4;;;;;/h5-6H,1-4H3;;;;;/q;2*+3;3*-2. The molecule has 0 bridgehead atoms. The van der Waals surface area contributed by atoms with Crippen LogP contribution in [0.3, 0.4) is 0 Å². The molecule has 0 unspecified atom stereocenters. The minimum Gasteiger partial charge on any atom is -2.00 e. The van der Waals surface area contributed by atoms with Gasteiger partial charge in [-0.1, -0.05) is 0 Å². The van der Waals surface area contributed by atoms with Gasteiger partial charge in [0.2, 0.25) is 0 Å². The predicted octanol–water partition coefficient (Wildman–Crippen LogP) is 0.702. The van der Waals surface area contributed by atoms with Gasteiger partial charge < -0.3 is 21.2 Å². The molecular weight excluding hydrogens is 190 g/mol. The molecule has 0 aliphatic rings. The maximum absolute atomic E-state index is 5.25. The Morgan fingerprint density at radius 3 is 0.833 bits per heavy atom. The number of ether oxygens (including phenoxy) is 1. The second-order valence-electron chi connectivity index (χ2n) is 2.23. The summed E-state index contributed by atoms with van der Waals surface area (Å²) in [6.07, 6.45) is 0.750. The molecule has 0 atom stereocenters. The van der Waals surface area contributed by atoms with Crippen LogP contribution in [-0.4, -0.2) is 46.9 Å². The van der Waals surface area contributed by atoms with Gasteiger partial charge in [0.25, 0.3) is 0 Å². The molecule has 12 heavy (non-hydrogen) atoms. The second-order valence-corrected chi connectivity index (χ2v) is 2.23. The van der Waals surface area contributed by atoms with E-state index in [1.165, 1.54) is 0 Å². The van der Waals surface area contributed by atoms with Crippen molar-refractivity contribution in [3.63, 3.8) is 0 Å². The predicted molar refractivity (Wildman–Crippen MR) is 44.9 cm³/mol. The Kier molecular flexibility index (Phi) is 72.4. The number of hydrogen-bond donors (Lipinski definition) is 0. The van der Waals surface area contributed by atoms with Crippen molar-refractivity contribution in [3.05, 3.63) is 0 Å². The van der Waals surface area contributed by atoms with E-state index in [1.54, 1.807) is 0 Å². The van der Waals surface area contributed by atoms with Crippen molar-refractivity contribution < 1.29 is 21.2 Å². The van der Waals surface area contributed by atoms with Gasteiger partial charge in [-0.05, 0) is 27.7 Å². The van der Waals surface area contributed by atoms with Gasteiger partial charge in [0.15, 0.2) is 0 Å². The van der Waals surface area contributed by atoms with Crippen LogP contribution in [0.2, 0.25) is 0 Å². The molecule has 0 aromatic heterocycles. The fourth-order valence-corrected chi connectivity index (χ4v) is 0.544. The smallest absolute Gasteiger partial charge is 2.00 e. The summed E-state index contributed by atoms with van der Waals surface area (Å²) in [5.74, 6) is 0. The first-order chi connectivity index (χ1) is 3.13. The van der Waals surface area contributed by atoms with Crippen molar-refractivity contribution in [2.24, 2.45) is 0 Å². The minimum absolute atomic E-state index is 0. The van der Waals surface area contributed by atoms with Crippen LogP contribution in [0.5, 0.6) is 0 Å². The van der Waals surface area contributed by atoms with E-state index in [0.29, 0.717) is 12.2 Å². The first-order valence-electron chi connectivity index (χ1n) is 2.78. The largest absolute Gasteiger partial charge is 3.00 e. The van der Waals surface area contributed by atoms with Gasteiger partial charge >= 0.3 is 34.7 Å². The van der Waals surface area contributed by atoms with Gasteiger partial charge in [-0.15, -0.1) is 0 Å². The molecule has 0 aliphatic carbocycles. The Bertz CT molecular complexity index is 46.8. The van der Waals surface area contributed by atoms with E-state index in [9.17, 15) is 0 Å². The molecule has 0 N–H and O–H groups in total. The van der Waals surface area contributed by atoms with E-state index in [1.807, 2.05) is 27.7 Å². The SMILES string of the molecule is CC(C)OC(C)C.[Al+3].[Al+3].[O-2].[O-2].[O-2]. The van der Waals surface area contributed by atoms with Crippen LogP contribution in [0.4, 0.5) is 0 Å². The molecule has 0 radical (unpaired) electrons. The molecule has 0 spiro atoms. The normalized spacial score (nSPS) is 6.50. The zero-order valence-corrected chi connectivity index (χ0v) is 10.3. The van der Waals surface area contributed by atoms with Gasteiger partial charge in [-0.3, -0.25) is 0 Å². The summed E-state index contributed by atoms with van der Waals surface area (Å²) in [5, 5.41) is 0. The Morgan fingerprint density at radius 2 is 0.833 bits per heavy atom. The molecule has 6 heteroatoms.